The van der Waals surface area contributed by atoms with Crippen molar-refractivity contribution in [1.82, 2.24) is 9.80 Å². The minimum Gasteiger partial charge on any atom is -0.492 e. The number of aliphatic hydroxyl groups excluding tert-OH is 3. The quantitative estimate of drug-likeness (QED) is 0.0613. The second kappa shape index (κ2) is 21.0. The zero-order chi connectivity index (χ0) is 39.3. The van der Waals surface area contributed by atoms with Crippen molar-refractivity contribution < 1.29 is 53.4 Å². The Morgan fingerprint density at radius 2 is 1.89 bits per heavy atom. The summed E-state index contributed by atoms with van der Waals surface area (Å²) in [6, 6.07) is 5.25. The molecule has 6 rings (SSSR count). The fraction of sp³-hybridized carbons (Fsp3) is 0.714. The predicted octanol–water partition coefficient (Wildman–Crippen LogP) is 4.62. The van der Waals surface area contributed by atoms with Gasteiger partial charge in [-0.1, -0.05) is 30.1 Å². The number of carbonyl (C=O) groups excluding carboxylic acids is 1. The number of benzene rings is 1. The Labute approximate surface area is 331 Å². The lowest BCUT2D eigenvalue weighted by Crippen LogP contribution is -2.70. The number of oxime groups is 1. The number of unbranched alkanes of at least 4 members (excludes halogenated alkanes) is 2. The van der Waals surface area contributed by atoms with E-state index in [1.165, 1.54) is 7.11 Å². The van der Waals surface area contributed by atoms with E-state index in [2.05, 4.69) is 23.6 Å². The first kappa shape index (κ1) is 42.4. The maximum Gasteiger partial charge on any atom is 0.410 e. The minimum atomic E-state index is -1.42. The molecule has 3 aliphatic heterocycles. The van der Waals surface area contributed by atoms with Crippen molar-refractivity contribution >= 4 is 11.8 Å². The van der Waals surface area contributed by atoms with Gasteiger partial charge in [0.25, 0.3) is 0 Å². The van der Waals surface area contributed by atoms with Gasteiger partial charge in [-0.15, -0.1) is 6.58 Å². The molecule has 2 saturated heterocycles. The number of hydrogen-bond acceptors (Lipinski definition) is 13. The number of rotatable bonds is 23. The summed E-state index contributed by atoms with van der Waals surface area (Å²) in [7, 11) is 1.35. The Balaban J connectivity index is 1.53. The molecule has 7 atom stereocenters. The average molecular weight is 786 g/mol. The molecule has 312 valence electrons. The van der Waals surface area contributed by atoms with Crippen LogP contribution < -0.4 is 9.47 Å². The van der Waals surface area contributed by atoms with Crippen LogP contribution in [0.2, 0.25) is 0 Å². The Morgan fingerprint density at radius 3 is 2.61 bits per heavy atom. The van der Waals surface area contributed by atoms with Gasteiger partial charge in [-0.25, -0.2) is 4.79 Å². The second-order valence-corrected chi connectivity index (χ2v) is 15.4. The van der Waals surface area contributed by atoms with Gasteiger partial charge in [0, 0.05) is 63.7 Å². The normalized spacial score (nSPS) is 28.7. The fourth-order valence-electron chi connectivity index (χ4n) is 9.06. The van der Waals surface area contributed by atoms with Crippen LogP contribution in [-0.4, -0.2) is 141 Å². The lowest BCUT2D eigenvalue weighted by atomic mass is 9.55. The molecule has 1 aromatic carbocycles. The van der Waals surface area contributed by atoms with Crippen LogP contribution in [0.5, 0.6) is 11.5 Å². The molecule has 3 fully saturated rings. The van der Waals surface area contributed by atoms with Crippen LogP contribution >= 0.6 is 0 Å². The van der Waals surface area contributed by atoms with E-state index in [0.29, 0.717) is 37.5 Å². The lowest BCUT2D eigenvalue weighted by Gasteiger charge is -2.59. The molecule has 56 heavy (non-hydrogen) atoms. The summed E-state index contributed by atoms with van der Waals surface area (Å²) in [4.78, 5) is 24.0. The van der Waals surface area contributed by atoms with Gasteiger partial charge >= 0.3 is 6.09 Å². The number of carbonyl (C=O) groups is 1. The summed E-state index contributed by atoms with van der Waals surface area (Å²) < 4.78 is 37.6. The van der Waals surface area contributed by atoms with E-state index in [4.69, 9.17) is 38.4 Å². The first-order chi connectivity index (χ1) is 27.5. The highest BCUT2D eigenvalue weighted by molar-refractivity contribution is 6.03. The van der Waals surface area contributed by atoms with Crippen LogP contribution in [0, 0.1) is 17.8 Å². The second-order valence-electron chi connectivity index (χ2n) is 15.4. The number of hydrogen-bond donors (Lipinski definition) is 3. The zero-order valence-corrected chi connectivity index (χ0v) is 33.1. The summed E-state index contributed by atoms with van der Waals surface area (Å²) in [5, 5.41) is 34.0. The Bertz CT molecular complexity index is 1480. The first-order valence-electron chi connectivity index (χ1n) is 20.7. The van der Waals surface area contributed by atoms with Crippen molar-refractivity contribution in [3.8, 4) is 11.5 Å². The molecular formula is C42H63N3O11. The molecule has 7 unspecified atom stereocenters. The number of fused-ring (bicyclic) bond motifs is 2. The highest BCUT2D eigenvalue weighted by Crippen LogP contribution is 2.62. The van der Waals surface area contributed by atoms with Crippen molar-refractivity contribution in [1.29, 1.82) is 0 Å². The largest absolute Gasteiger partial charge is 0.492 e. The number of methoxy groups -OCH3 is 1. The van der Waals surface area contributed by atoms with E-state index in [-0.39, 0.29) is 70.4 Å². The zero-order valence-electron chi connectivity index (χ0n) is 33.1. The topological polar surface area (TPSA) is 161 Å². The molecule has 0 aromatic heterocycles. The molecule has 3 heterocycles. The molecule has 1 saturated carbocycles. The van der Waals surface area contributed by atoms with Crippen LogP contribution in [0.3, 0.4) is 0 Å². The SMILES string of the molecule is C=CCOC12Oc3ccc(OCCN4CC4)cc3C3C(CCCCO)C(CCCCO)C=C(C(=NOC4CCCCO4)CC1N(CCOCCO)C(=O)OC)C32. The monoisotopic (exact) mass is 785 g/mol. The van der Waals surface area contributed by atoms with Crippen molar-refractivity contribution in [3.63, 3.8) is 0 Å². The van der Waals surface area contributed by atoms with E-state index in [0.717, 1.165) is 81.5 Å². The molecule has 1 amide bonds. The number of amides is 1. The molecule has 3 N–H and O–H groups in total. The van der Waals surface area contributed by atoms with Gasteiger partial charge in [0.15, 0.2) is 0 Å². The average Bonchev–Trinajstić information content (AvgIpc) is 4.05. The van der Waals surface area contributed by atoms with Crippen molar-refractivity contribution in [2.75, 3.05) is 86.1 Å². The molecule has 14 nitrogen and oxygen atoms in total. The summed E-state index contributed by atoms with van der Waals surface area (Å²) >= 11 is 0. The third-order valence-electron chi connectivity index (χ3n) is 11.8. The maximum atomic E-state index is 13.9. The minimum absolute atomic E-state index is 0.0817. The molecule has 1 aromatic rings. The highest BCUT2D eigenvalue weighted by Gasteiger charge is 2.65. The molecule has 5 aliphatic rings. The van der Waals surface area contributed by atoms with Gasteiger partial charge in [0.1, 0.15) is 24.1 Å². The van der Waals surface area contributed by atoms with Gasteiger partial charge in [-0.3, -0.25) is 9.80 Å². The third-order valence-corrected chi connectivity index (χ3v) is 11.8. The van der Waals surface area contributed by atoms with E-state index in [9.17, 15) is 20.1 Å². The van der Waals surface area contributed by atoms with Crippen LogP contribution in [-0.2, 0) is 23.8 Å². The summed E-state index contributed by atoms with van der Waals surface area (Å²) in [5.74, 6) is -0.477. The van der Waals surface area contributed by atoms with Crippen molar-refractivity contribution in [2.24, 2.45) is 22.9 Å². The molecule has 0 bridgehead atoms. The third kappa shape index (κ3) is 10.1. The molecule has 14 heteroatoms. The molecule has 0 spiro atoms. The Kier molecular flexibility index (Phi) is 15.9. The van der Waals surface area contributed by atoms with Gasteiger partial charge in [-0.2, -0.15) is 0 Å². The van der Waals surface area contributed by atoms with E-state index in [1.807, 2.05) is 12.1 Å². The van der Waals surface area contributed by atoms with E-state index < -0.39 is 30.1 Å². The summed E-state index contributed by atoms with van der Waals surface area (Å²) in [5.41, 5.74) is 2.62. The lowest BCUT2D eigenvalue weighted by molar-refractivity contribution is -0.256. The van der Waals surface area contributed by atoms with E-state index >= 15 is 0 Å². The van der Waals surface area contributed by atoms with Crippen molar-refractivity contribution in [3.05, 3.63) is 48.1 Å². The molecule has 2 aliphatic carbocycles. The standard InChI is InChI=1S/C42H63N3O11/c1-3-22-54-42-37(45(41(49)50-2)18-24-51-26-21-48)29-35(43-56-38-12-6-9-23-53-38)33-27-30(10-4-7-19-46)32(11-5-8-20-47)39(40(33)42)34-28-31(13-14-36(34)55-42)52-25-17-44-15-16-44/h3,13-14,27-28,30,32,37-40,46-48H,1,4-12,15-26,29H2,2H3. The molecule has 0 radical (unpaired) electrons. The van der Waals surface area contributed by atoms with Gasteiger partial charge in [0.2, 0.25) is 12.1 Å². The van der Waals surface area contributed by atoms with Crippen LogP contribution in [0.4, 0.5) is 4.79 Å². The summed E-state index contributed by atoms with van der Waals surface area (Å²) in [6.07, 6.45) is 10.5. The maximum absolute atomic E-state index is 13.9. The Hall–Kier alpha value is -3.24. The number of ether oxygens (including phenoxy) is 6. The number of nitrogens with zero attached hydrogens (tertiary/aromatic N) is 3. The molecular weight excluding hydrogens is 722 g/mol. The van der Waals surface area contributed by atoms with Crippen LogP contribution in [0.15, 0.2) is 47.7 Å². The van der Waals surface area contributed by atoms with E-state index in [1.54, 1.807) is 11.0 Å². The van der Waals surface area contributed by atoms with Gasteiger partial charge < -0.3 is 48.6 Å². The highest BCUT2D eigenvalue weighted by atomic mass is 16.8. The Morgan fingerprint density at radius 1 is 1.07 bits per heavy atom. The number of aliphatic hydroxyl groups is 3. The number of allylic oxidation sites excluding steroid dienone is 1. The smallest absolute Gasteiger partial charge is 0.410 e. The summed E-state index contributed by atoms with van der Waals surface area (Å²) in [6.45, 7) is 8.83. The van der Waals surface area contributed by atoms with Gasteiger partial charge in [-0.05, 0) is 74.1 Å². The van der Waals surface area contributed by atoms with Crippen LogP contribution in [0.25, 0.3) is 0 Å². The predicted molar refractivity (Wildman–Crippen MR) is 209 cm³/mol. The fourth-order valence-corrected chi connectivity index (χ4v) is 9.06. The van der Waals surface area contributed by atoms with Crippen molar-refractivity contribution in [2.45, 2.75) is 88.2 Å². The first-order valence-corrected chi connectivity index (χ1v) is 20.7. The van der Waals surface area contributed by atoms with Gasteiger partial charge in [0.05, 0.1) is 51.8 Å². The van der Waals surface area contributed by atoms with Crippen LogP contribution in [0.1, 0.15) is 75.7 Å².